The van der Waals surface area contributed by atoms with E-state index in [1.807, 2.05) is 12.1 Å². The number of aromatic nitrogens is 1. The van der Waals surface area contributed by atoms with Crippen LogP contribution in [0.4, 0.5) is 8.78 Å². The molecule has 4 heteroatoms. The number of pyridine rings is 1. The highest BCUT2D eigenvalue weighted by atomic mass is 79.9. The molecule has 2 aromatic carbocycles. The number of hydrogen-bond acceptors (Lipinski definition) is 1. The van der Waals surface area contributed by atoms with Gasteiger partial charge in [0, 0.05) is 28.9 Å². The van der Waals surface area contributed by atoms with Gasteiger partial charge >= 0.3 is 0 Å². The summed E-state index contributed by atoms with van der Waals surface area (Å²) >= 11 is 3.48. The highest BCUT2D eigenvalue weighted by Gasteiger charge is 2.12. The predicted molar refractivity (Wildman–Crippen MR) is 87.7 cm³/mol. The van der Waals surface area contributed by atoms with Crippen LogP contribution in [0, 0.1) is 11.6 Å². The Hall–Kier alpha value is -2.07. The van der Waals surface area contributed by atoms with E-state index in [0.29, 0.717) is 5.33 Å². The van der Waals surface area contributed by atoms with Crippen molar-refractivity contribution in [3.05, 3.63) is 78.1 Å². The molecule has 3 aromatic rings. The summed E-state index contributed by atoms with van der Waals surface area (Å²) in [4.78, 5) is 4.24. The first-order valence-electron chi connectivity index (χ1n) is 6.74. The van der Waals surface area contributed by atoms with Gasteiger partial charge in [-0.2, -0.15) is 0 Å². The van der Waals surface area contributed by atoms with Gasteiger partial charge in [-0.1, -0.05) is 40.2 Å². The number of benzene rings is 2. The van der Waals surface area contributed by atoms with Gasteiger partial charge < -0.3 is 0 Å². The fourth-order valence-electron chi connectivity index (χ4n) is 2.44. The Labute approximate surface area is 135 Å². The van der Waals surface area contributed by atoms with Crippen molar-refractivity contribution in [3.8, 4) is 22.3 Å². The van der Waals surface area contributed by atoms with Crippen LogP contribution in [0.2, 0.25) is 0 Å². The van der Waals surface area contributed by atoms with E-state index in [9.17, 15) is 8.78 Å². The highest BCUT2D eigenvalue weighted by Crippen LogP contribution is 2.33. The number of nitrogens with zero attached hydrogens (tertiary/aromatic N) is 1. The van der Waals surface area contributed by atoms with Crippen molar-refractivity contribution in [1.82, 2.24) is 4.98 Å². The molecular formula is C18H12BrF2N. The average Bonchev–Trinajstić information content (AvgIpc) is 2.54. The van der Waals surface area contributed by atoms with Gasteiger partial charge in [-0.3, -0.25) is 4.98 Å². The van der Waals surface area contributed by atoms with Gasteiger partial charge in [0.2, 0.25) is 0 Å². The summed E-state index contributed by atoms with van der Waals surface area (Å²) in [6.45, 7) is 0. The third-order valence-electron chi connectivity index (χ3n) is 3.46. The molecule has 0 aliphatic rings. The Morgan fingerprint density at radius 2 is 1.32 bits per heavy atom. The third-order valence-corrected chi connectivity index (χ3v) is 4.02. The lowest BCUT2D eigenvalue weighted by molar-refractivity contribution is 0.628. The maximum Gasteiger partial charge on any atom is 0.123 e. The maximum absolute atomic E-state index is 13.5. The Morgan fingerprint density at radius 1 is 0.818 bits per heavy atom. The molecule has 0 saturated heterocycles. The normalized spacial score (nSPS) is 10.7. The molecule has 1 nitrogen and oxygen atoms in total. The van der Waals surface area contributed by atoms with E-state index in [1.165, 1.54) is 24.3 Å². The topological polar surface area (TPSA) is 12.9 Å². The Kier molecular flexibility index (Phi) is 4.29. The maximum atomic E-state index is 13.5. The third kappa shape index (κ3) is 2.92. The van der Waals surface area contributed by atoms with Crippen molar-refractivity contribution >= 4 is 15.9 Å². The predicted octanol–water partition coefficient (Wildman–Crippen LogP) is 5.59. The minimum Gasteiger partial charge on any atom is -0.263 e. The fourth-order valence-corrected chi connectivity index (χ4v) is 3.04. The van der Waals surface area contributed by atoms with Crippen LogP contribution in [0.3, 0.4) is 0 Å². The summed E-state index contributed by atoms with van der Waals surface area (Å²) in [5.41, 5.74) is 4.11. The molecule has 1 aromatic heterocycles. The van der Waals surface area contributed by atoms with E-state index in [4.69, 9.17) is 0 Å². The van der Waals surface area contributed by atoms with Gasteiger partial charge in [-0.25, -0.2) is 8.78 Å². The lowest BCUT2D eigenvalue weighted by atomic mass is 9.95. The molecule has 22 heavy (non-hydrogen) atoms. The molecule has 0 aliphatic heterocycles. The van der Waals surface area contributed by atoms with Crippen molar-refractivity contribution in [2.24, 2.45) is 0 Å². The zero-order valence-electron chi connectivity index (χ0n) is 11.6. The number of alkyl halides is 1. The highest BCUT2D eigenvalue weighted by molar-refractivity contribution is 9.08. The van der Waals surface area contributed by atoms with Crippen LogP contribution < -0.4 is 0 Å². The van der Waals surface area contributed by atoms with E-state index in [2.05, 4.69) is 20.9 Å². The lowest BCUT2D eigenvalue weighted by Crippen LogP contribution is -1.94. The Bertz CT molecular complexity index is 754. The van der Waals surface area contributed by atoms with Crippen LogP contribution in [-0.4, -0.2) is 4.98 Å². The molecule has 1 heterocycles. The van der Waals surface area contributed by atoms with E-state index in [0.717, 1.165) is 27.8 Å². The van der Waals surface area contributed by atoms with Crippen molar-refractivity contribution in [3.63, 3.8) is 0 Å². The number of hydrogen-bond donors (Lipinski definition) is 0. The largest absolute Gasteiger partial charge is 0.263 e. The van der Waals surface area contributed by atoms with Gasteiger partial charge in [0.1, 0.15) is 11.6 Å². The molecule has 0 fully saturated rings. The summed E-state index contributed by atoms with van der Waals surface area (Å²) in [5.74, 6) is -0.594. The van der Waals surface area contributed by atoms with Crippen LogP contribution >= 0.6 is 15.9 Å². The molecule has 3 rings (SSSR count). The van der Waals surface area contributed by atoms with Crippen molar-refractivity contribution in [2.75, 3.05) is 0 Å². The van der Waals surface area contributed by atoms with E-state index >= 15 is 0 Å². The quantitative estimate of drug-likeness (QED) is 0.555. The first kappa shape index (κ1) is 14.9. The fraction of sp³-hybridized carbons (Fsp3) is 0.0556. The van der Waals surface area contributed by atoms with E-state index < -0.39 is 0 Å². The average molecular weight is 360 g/mol. The smallest absolute Gasteiger partial charge is 0.123 e. The molecule has 0 radical (unpaired) electrons. The van der Waals surface area contributed by atoms with Gasteiger partial charge in [0.15, 0.2) is 0 Å². The van der Waals surface area contributed by atoms with Crippen LogP contribution in [0.25, 0.3) is 22.3 Å². The molecule has 110 valence electrons. The van der Waals surface area contributed by atoms with Crippen molar-refractivity contribution in [2.45, 2.75) is 5.33 Å². The molecule has 0 atom stereocenters. The molecule has 0 spiro atoms. The second-order valence-corrected chi connectivity index (χ2v) is 5.43. The van der Waals surface area contributed by atoms with Crippen LogP contribution in [0.5, 0.6) is 0 Å². The first-order chi connectivity index (χ1) is 10.7. The van der Waals surface area contributed by atoms with Crippen molar-refractivity contribution in [1.29, 1.82) is 0 Å². The number of halogens is 3. The molecule has 0 amide bonds. The van der Waals surface area contributed by atoms with Crippen LogP contribution in [0.1, 0.15) is 5.56 Å². The zero-order chi connectivity index (χ0) is 15.5. The minimum atomic E-state index is -0.297. The molecule has 0 saturated carbocycles. The van der Waals surface area contributed by atoms with Gasteiger partial charge in [-0.15, -0.1) is 0 Å². The summed E-state index contributed by atoms with van der Waals surface area (Å²) in [6, 6.07) is 12.7. The van der Waals surface area contributed by atoms with Crippen LogP contribution in [-0.2, 0) is 5.33 Å². The van der Waals surface area contributed by atoms with E-state index in [1.54, 1.807) is 24.5 Å². The molecular weight excluding hydrogens is 348 g/mol. The minimum absolute atomic E-state index is 0.297. The summed E-state index contributed by atoms with van der Waals surface area (Å²) in [6.07, 6.45) is 3.41. The Morgan fingerprint density at radius 3 is 1.73 bits per heavy atom. The second kappa shape index (κ2) is 6.36. The molecule has 0 unspecified atom stereocenters. The van der Waals surface area contributed by atoms with Gasteiger partial charge in [0.25, 0.3) is 0 Å². The monoisotopic (exact) mass is 359 g/mol. The van der Waals surface area contributed by atoms with Crippen molar-refractivity contribution < 1.29 is 8.78 Å². The van der Waals surface area contributed by atoms with Gasteiger partial charge in [-0.05, 0) is 41.0 Å². The number of rotatable bonds is 3. The molecule has 0 bridgehead atoms. The zero-order valence-corrected chi connectivity index (χ0v) is 13.1. The Balaban J connectivity index is 2.20. The van der Waals surface area contributed by atoms with E-state index in [-0.39, 0.29) is 11.6 Å². The first-order valence-corrected chi connectivity index (χ1v) is 7.86. The second-order valence-electron chi connectivity index (χ2n) is 4.87. The molecule has 0 N–H and O–H groups in total. The summed E-state index contributed by atoms with van der Waals surface area (Å²) < 4.78 is 27.0. The van der Waals surface area contributed by atoms with Crippen LogP contribution in [0.15, 0.2) is 60.9 Å². The molecule has 0 aliphatic carbocycles. The summed E-state index contributed by atoms with van der Waals surface area (Å²) in [7, 11) is 0. The lowest BCUT2D eigenvalue weighted by Gasteiger charge is -2.13. The SMILES string of the molecule is Fc1cccc(-c2cncc(-c3cccc(F)c3)c2CBr)c1. The summed E-state index contributed by atoms with van der Waals surface area (Å²) in [5, 5.41) is 0.563. The standard InChI is InChI=1S/C18H12BrF2N/c19-9-16-17(12-3-1-5-14(20)7-12)10-22-11-18(16)13-4-2-6-15(21)8-13/h1-8,10-11H,9H2. The van der Waals surface area contributed by atoms with Gasteiger partial charge in [0.05, 0.1) is 0 Å².